The minimum atomic E-state index is -0.468. The molecule has 5 heteroatoms. The predicted molar refractivity (Wildman–Crippen MR) is 87.1 cm³/mol. The number of carbonyl (C=O) groups excluding carboxylic acids is 1. The maximum atomic E-state index is 11.5. The van der Waals surface area contributed by atoms with Gasteiger partial charge in [0.25, 0.3) is 0 Å². The average molecular weight is 329 g/mol. The molecule has 0 saturated carbocycles. The van der Waals surface area contributed by atoms with E-state index < -0.39 is 6.10 Å². The highest BCUT2D eigenvalue weighted by Crippen LogP contribution is 2.28. The third-order valence-electron chi connectivity index (χ3n) is 3.49. The summed E-state index contributed by atoms with van der Waals surface area (Å²) in [4.78, 5) is 11.5. The molecule has 1 aromatic carbocycles. The SMILES string of the molecule is CCOC(=O)CCc1c(Cl)cccc1[C@@H](C)OC[C@H](O)CC. The normalized spacial score (nSPS) is 13.7. The summed E-state index contributed by atoms with van der Waals surface area (Å²) in [5, 5.41) is 10.2. The van der Waals surface area contributed by atoms with E-state index >= 15 is 0 Å². The van der Waals surface area contributed by atoms with Gasteiger partial charge >= 0.3 is 5.97 Å². The first-order valence-corrected chi connectivity index (χ1v) is 8.09. The maximum Gasteiger partial charge on any atom is 0.306 e. The van der Waals surface area contributed by atoms with Gasteiger partial charge in [-0.2, -0.15) is 0 Å². The summed E-state index contributed by atoms with van der Waals surface area (Å²) in [6.07, 6.45) is 0.784. The molecular weight excluding hydrogens is 304 g/mol. The summed E-state index contributed by atoms with van der Waals surface area (Å²) in [5.74, 6) is -0.233. The van der Waals surface area contributed by atoms with Gasteiger partial charge in [-0.15, -0.1) is 0 Å². The van der Waals surface area contributed by atoms with Gasteiger partial charge in [-0.05, 0) is 43.9 Å². The molecule has 0 heterocycles. The smallest absolute Gasteiger partial charge is 0.306 e. The van der Waals surface area contributed by atoms with Crippen molar-refractivity contribution in [1.82, 2.24) is 0 Å². The van der Waals surface area contributed by atoms with E-state index in [4.69, 9.17) is 21.1 Å². The Labute approximate surface area is 137 Å². The van der Waals surface area contributed by atoms with Crippen molar-refractivity contribution < 1.29 is 19.4 Å². The second kappa shape index (κ2) is 9.82. The van der Waals surface area contributed by atoms with E-state index in [9.17, 15) is 9.90 Å². The van der Waals surface area contributed by atoms with Gasteiger partial charge in [0.05, 0.1) is 25.4 Å². The van der Waals surface area contributed by atoms with E-state index in [0.717, 1.165) is 11.1 Å². The summed E-state index contributed by atoms with van der Waals surface area (Å²) >= 11 is 6.27. The number of hydrogen-bond acceptors (Lipinski definition) is 4. The molecule has 22 heavy (non-hydrogen) atoms. The van der Waals surface area contributed by atoms with E-state index in [1.165, 1.54) is 0 Å². The van der Waals surface area contributed by atoms with Crippen molar-refractivity contribution in [2.45, 2.75) is 52.2 Å². The van der Waals surface area contributed by atoms with Crippen LogP contribution in [0.4, 0.5) is 0 Å². The Bertz CT molecular complexity index is 476. The predicted octanol–water partition coefficient (Wildman–Crippen LogP) is 3.68. The summed E-state index contributed by atoms with van der Waals surface area (Å²) < 4.78 is 10.7. The van der Waals surface area contributed by atoms with Gasteiger partial charge in [0, 0.05) is 11.4 Å². The zero-order chi connectivity index (χ0) is 16.5. The van der Waals surface area contributed by atoms with E-state index in [-0.39, 0.29) is 25.1 Å². The Morgan fingerprint density at radius 1 is 1.36 bits per heavy atom. The molecule has 0 radical (unpaired) electrons. The standard InChI is InChI=1S/C17H25ClO4/c1-4-13(19)11-22-12(3)14-7-6-8-16(18)15(14)9-10-17(20)21-5-2/h6-8,12-13,19H,4-5,9-11H2,1-3H3/t12-,13-/m1/s1. The van der Waals surface area contributed by atoms with Gasteiger partial charge in [-0.3, -0.25) is 4.79 Å². The van der Waals surface area contributed by atoms with Crippen LogP contribution in [-0.2, 0) is 20.7 Å². The van der Waals surface area contributed by atoms with E-state index in [1.807, 2.05) is 26.0 Å². The largest absolute Gasteiger partial charge is 0.466 e. The number of halogens is 1. The molecule has 1 rings (SSSR count). The lowest BCUT2D eigenvalue weighted by Crippen LogP contribution is -2.16. The topological polar surface area (TPSA) is 55.8 Å². The highest BCUT2D eigenvalue weighted by molar-refractivity contribution is 6.31. The van der Waals surface area contributed by atoms with Gasteiger partial charge in [0.2, 0.25) is 0 Å². The molecule has 124 valence electrons. The number of rotatable bonds is 9. The first-order valence-electron chi connectivity index (χ1n) is 7.72. The van der Waals surface area contributed by atoms with Crippen LogP contribution in [0, 0.1) is 0 Å². The number of esters is 1. The summed E-state index contributed by atoms with van der Waals surface area (Å²) in [6, 6.07) is 5.61. The molecule has 0 bridgehead atoms. The Morgan fingerprint density at radius 3 is 2.73 bits per heavy atom. The molecular formula is C17H25ClO4. The highest BCUT2D eigenvalue weighted by Gasteiger charge is 2.16. The van der Waals surface area contributed by atoms with Crippen LogP contribution < -0.4 is 0 Å². The first-order chi connectivity index (χ1) is 10.5. The van der Waals surface area contributed by atoms with Crippen LogP contribution in [0.25, 0.3) is 0 Å². The second-order valence-corrected chi connectivity index (χ2v) is 5.56. The van der Waals surface area contributed by atoms with Crippen LogP contribution in [0.3, 0.4) is 0 Å². The fourth-order valence-corrected chi connectivity index (χ4v) is 2.42. The molecule has 1 aromatic rings. The van der Waals surface area contributed by atoms with E-state index in [0.29, 0.717) is 24.5 Å². The molecule has 0 aliphatic heterocycles. The van der Waals surface area contributed by atoms with Crippen molar-refractivity contribution in [2.75, 3.05) is 13.2 Å². The molecule has 0 spiro atoms. The maximum absolute atomic E-state index is 11.5. The molecule has 0 unspecified atom stereocenters. The lowest BCUT2D eigenvalue weighted by molar-refractivity contribution is -0.143. The molecule has 0 saturated heterocycles. The summed E-state index contributed by atoms with van der Waals surface area (Å²) in [5.41, 5.74) is 1.84. The Hall–Kier alpha value is -1.10. The Morgan fingerprint density at radius 2 is 2.09 bits per heavy atom. The van der Waals surface area contributed by atoms with Gasteiger partial charge in [-0.1, -0.05) is 30.7 Å². The zero-order valence-electron chi connectivity index (χ0n) is 13.5. The van der Waals surface area contributed by atoms with Crippen LogP contribution in [0.2, 0.25) is 5.02 Å². The molecule has 0 aliphatic carbocycles. The molecule has 0 amide bonds. The summed E-state index contributed by atoms with van der Waals surface area (Å²) in [7, 11) is 0. The van der Waals surface area contributed by atoms with Crippen LogP contribution >= 0.6 is 11.6 Å². The zero-order valence-corrected chi connectivity index (χ0v) is 14.2. The molecule has 4 nitrogen and oxygen atoms in total. The number of aliphatic hydroxyl groups is 1. The van der Waals surface area contributed by atoms with Gasteiger partial charge in [0.15, 0.2) is 0 Å². The van der Waals surface area contributed by atoms with Crippen molar-refractivity contribution in [2.24, 2.45) is 0 Å². The van der Waals surface area contributed by atoms with Crippen LogP contribution in [0.5, 0.6) is 0 Å². The quantitative estimate of drug-likeness (QED) is 0.702. The van der Waals surface area contributed by atoms with E-state index in [2.05, 4.69) is 0 Å². The number of hydrogen-bond donors (Lipinski definition) is 1. The number of benzene rings is 1. The van der Waals surface area contributed by atoms with Crippen LogP contribution in [0.1, 0.15) is 50.8 Å². The minimum Gasteiger partial charge on any atom is -0.466 e. The number of carbonyl (C=O) groups is 1. The highest BCUT2D eigenvalue weighted by atomic mass is 35.5. The average Bonchev–Trinajstić information content (AvgIpc) is 2.51. The molecule has 0 fully saturated rings. The van der Waals surface area contributed by atoms with E-state index in [1.54, 1.807) is 13.0 Å². The first kappa shape index (κ1) is 18.9. The molecule has 0 aliphatic rings. The van der Waals surface area contributed by atoms with Gasteiger partial charge < -0.3 is 14.6 Å². The second-order valence-electron chi connectivity index (χ2n) is 5.15. The fourth-order valence-electron chi connectivity index (χ4n) is 2.14. The van der Waals surface area contributed by atoms with Crippen molar-refractivity contribution in [3.05, 3.63) is 34.3 Å². The van der Waals surface area contributed by atoms with Crippen molar-refractivity contribution in [1.29, 1.82) is 0 Å². The molecule has 1 N–H and O–H groups in total. The van der Waals surface area contributed by atoms with Gasteiger partial charge in [0.1, 0.15) is 0 Å². The van der Waals surface area contributed by atoms with Crippen LogP contribution in [-0.4, -0.2) is 30.4 Å². The number of aliphatic hydroxyl groups excluding tert-OH is 1. The molecule has 2 atom stereocenters. The third kappa shape index (κ3) is 5.95. The van der Waals surface area contributed by atoms with Gasteiger partial charge in [-0.25, -0.2) is 0 Å². The molecule has 0 aromatic heterocycles. The lowest BCUT2D eigenvalue weighted by atomic mass is 9.99. The number of ether oxygens (including phenoxy) is 2. The van der Waals surface area contributed by atoms with Crippen molar-refractivity contribution >= 4 is 17.6 Å². The Kier molecular flexibility index (Phi) is 8.46. The summed E-state index contributed by atoms with van der Waals surface area (Å²) in [6.45, 7) is 6.27. The third-order valence-corrected chi connectivity index (χ3v) is 3.84. The van der Waals surface area contributed by atoms with Crippen LogP contribution in [0.15, 0.2) is 18.2 Å². The fraction of sp³-hybridized carbons (Fsp3) is 0.588. The lowest BCUT2D eigenvalue weighted by Gasteiger charge is -2.19. The minimum absolute atomic E-state index is 0.197. The monoisotopic (exact) mass is 328 g/mol. The van der Waals surface area contributed by atoms with Crippen molar-refractivity contribution in [3.63, 3.8) is 0 Å². The Balaban J connectivity index is 2.77. The van der Waals surface area contributed by atoms with Crippen molar-refractivity contribution in [3.8, 4) is 0 Å².